The number of rotatable bonds is 3. The van der Waals surface area contributed by atoms with Crippen LogP contribution in [0.5, 0.6) is 0 Å². The van der Waals surface area contributed by atoms with E-state index in [1.54, 1.807) is 0 Å². The number of piperidine rings is 1. The van der Waals surface area contributed by atoms with Gasteiger partial charge in [0.05, 0.1) is 5.52 Å². The average molecular weight is 448 g/mol. The molecule has 0 bridgehead atoms. The second-order valence-electron chi connectivity index (χ2n) is 10.7. The Labute approximate surface area is 193 Å². The van der Waals surface area contributed by atoms with E-state index in [4.69, 9.17) is 0 Å². The van der Waals surface area contributed by atoms with Crippen LogP contribution in [-0.2, 0) is 24.3 Å². The van der Waals surface area contributed by atoms with Crippen molar-refractivity contribution in [2.75, 3.05) is 25.0 Å². The molecule has 0 atom stereocenters. The number of carbonyl (C=O) groups is 2. The topological polar surface area (TPSA) is 114 Å². The minimum absolute atomic E-state index is 0.0409. The molecule has 4 heterocycles. The maximum atomic E-state index is 12.3. The molecular formula is C24H29N7O2. The number of hydrogen-bond acceptors (Lipinski definition) is 7. The third kappa shape index (κ3) is 3.68. The molecule has 0 saturated carbocycles. The number of anilines is 1. The smallest absolute Gasteiger partial charge is 0.322 e. The molecule has 172 valence electrons. The Balaban J connectivity index is 1.51. The van der Waals surface area contributed by atoms with Crippen LogP contribution in [0.2, 0.25) is 0 Å². The van der Waals surface area contributed by atoms with Crippen molar-refractivity contribution in [1.29, 1.82) is 5.26 Å². The molecule has 5 rings (SSSR count). The van der Waals surface area contributed by atoms with Gasteiger partial charge in [0, 0.05) is 38.6 Å². The molecule has 2 fully saturated rings. The van der Waals surface area contributed by atoms with Gasteiger partial charge in [-0.2, -0.15) is 5.26 Å². The Bertz CT molecular complexity index is 1220. The van der Waals surface area contributed by atoms with Crippen LogP contribution >= 0.6 is 0 Å². The van der Waals surface area contributed by atoms with E-state index < -0.39 is 11.6 Å². The molecule has 9 heteroatoms. The maximum Gasteiger partial charge on any atom is 0.322 e. The van der Waals surface area contributed by atoms with E-state index in [0.29, 0.717) is 25.9 Å². The molecule has 0 aliphatic carbocycles. The molecule has 3 amide bonds. The van der Waals surface area contributed by atoms with Crippen molar-refractivity contribution < 1.29 is 9.59 Å². The van der Waals surface area contributed by atoms with E-state index >= 15 is 0 Å². The zero-order valence-electron chi connectivity index (χ0n) is 19.6. The Hall–Kier alpha value is -3.25. The summed E-state index contributed by atoms with van der Waals surface area (Å²) in [7, 11) is 2.00. The normalized spacial score (nSPS) is 19.8. The SMILES string of the molecule is CN1Cc2cc(CN3CCC4(CC3)NC(=O)NC4=O)c(CC(C)(C)C)c3nc(C#N)nc1c23. The first-order valence-electron chi connectivity index (χ1n) is 11.4. The number of hydrogen-bond donors (Lipinski definition) is 2. The second-order valence-corrected chi connectivity index (χ2v) is 10.7. The molecular weight excluding hydrogens is 418 g/mol. The van der Waals surface area contributed by atoms with Gasteiger partial charge in [-0.1, -0.05) is 26.8 Å². The number of amides is 3. The van der Waals surface area contributed by atoms with Crippen molar-refractivity contribution in [2.24, 2.45) is 5.41 Å². The molecule has 0 radical (unpaired) electrons. The summed E-state index contributed by atoms with van der Waals surface area (Å²) < 4.78 is 0. The van der Waals surface area contributed by atoms with Gasteiger partial charge in [-0.3, -0.25) is 15.0 Å². The summed E-state index contributed by atoms with van der Waals surface area (Å²) in [6.45, 7) is 9.55. The fourth-order valence-corrected chi connectivity index (χ4v) is 5.35. The fraction of sp³-hybridized carbons (Fsp3) is 0.542. The Morgan fingerprint density at radius 3 is 2.55 bits per heavy atom. The second kappa shape index (κ2) is 7.39. The van der Waals surface area contributed by atoms with Gasteiger partial charge < -0.3 is 10.2 Å². The molecule has 33 heavy (non-hydrogen) atoms. The lowest BCUT2D eigenvalue weighted by Gasteiger charge is -2.37. The predicted octanol–water partition coefficient (Wildman–Crippen LogP) is 2.21. The third-order valence-electron chi connectivity index (χ3n) is 6.93. The molecule has 1 spiro atoms. The van der Waals surface area contributed by atoms with Crippen LogP contribution in [0.4, 0.5) is 10.6 Å². The van der Waals surface area contributed by atoms with Crippen LogP contribution in [0.1, 0.15) is 56.1 Å². The number of nitriles is 1. The monoisotopic (exact) mass is 447 g/mol. The standard InChI is InChI=1S/C24H29N7O2/c1-23(2,3)10-16-14(13-31-7-5-24(6-8-31)21(32)28-22(33)29-24)9-15-12-30(4)20-18(15)19(16)26-17(11-25)27-20/h9H,5-8,10,12-13H2,1-4H3,(H2,28,29,32,33). The largest absolute Gasteiger partial charge is 0.355 e. The molecule has 1 aromatic carbocycles. The van der Waals surface area contributed by atoms with Gasteiger partial charge in [-0.25, -0.2) is 14.8 Å². The zero-order chi connectivity index (χ0) is 23.5. The van der Waals surface area contributed by atoms with Crippen molar-refractivity contribution >= 4 is 28.7 Å². The van der Waals surface area contributed by atoms with Crippen LogP contribution in [0.15, 0.2) is 6.07 Å². The number of nitrogens with one attached hydrogen (secondary N) is 2. The molecule has 0 unspecified atom stereocenters. The summed E-state index contributed by atoms with van der Waals surface area (Å²) in [5, 5.41) is 15.8. The number of urea groups is 1. The highest BCUT2D eigenvalue weighted by atomic mass is 16.2. The van der Waals surface area contributed by atoms with Crippen LogP contribution in [0.3, 0.4) is 0 Å². The summed E-state index contributed by atoms with van der Waals surface area (Å²) in [4.78, 5) is 37.6. The van der Waals surface area contributed by atoms with Crippen molar-refractivity contribution in [3.8, 4) is 6.07 Å². The van der Waals surface area contributed by atoms with Crippen LogP contribution < -0.4 is 15.5 Å². The third-order valence-corrected chi connectivity index (χ3v) is 6.93. The van der Waals surface area contributed by atoms with Gasteiger partial charge in [0.25, 0.3) is 5.91 Å². The molecule has 2 N–H and O–H groups in total. The lowest BCUT2D eigenvalue weighted by atomic mass is 9.83. The van der Waals surface area contributed by atoms with E-state index in [1.165, 1.54) is 16.7 Å². The first-order valence-corrected chi connectivity index (χ1v) is 11.4. The molecule has 2 saturated heterocycles. The fourth-order valence-electron chi connectivity index (χ4n) is 5.35. The lowest BCUT2D eigenvalue weighted by Crippen LogP contribution is -2.54. The van der Waals surface area contributed by atoms with E-state index in [9.17, 15) is 14.9 Å². The highest BCUT2D eigenvalue weighted by Crippen LogP contribution is 2.40. The van der Waals surface area contributed by atoms with E-state index in [-0.39, 0.29) is 17.1 Å². The minimum Gasteiger partial charge on any atom is -0.355 e. The quantitative estimate of drug-likeness (QED) is 0.694. The average Bonchev–Trinajstić information content (AvgIpc) is 3.21. The molecule has 3 aliphatic heterocycles. The van der Waals surface area contributed by atoms with Gasteiger partial charge in [-0.15, -0.1) is 0 Å². The summed E-state index contributed by atoms with van der Waals surface area (Å²) >= 11 is 0. The number of aromatic nitrogens is 2. The van der Waals surface area contributed by atoms with Gasteiger partial charge >= 0.3 is 6.03 Å². The van der Waals surface area contributed by atoms with Gasteiger partial charge in [-0.05, 0) is 41.4 Å². The number of nitrogens with zero attached hydrogens (tertiary/aromatic N) is 5. The summed E-state index contributed by atoms with van der Waals surface area (Å²) in [6.07, 6.45) is 2.01. The first-order chi connectivity index (χ1) is 15.6. The lowest BCUT2D eigenvalue weighted by molar-refractivity contribution is -0.125. The molecule has 1 aromatic heterocycles. The minimum atomic E-state index is -0.772. The van der Waals surface area contributed by atoms with Gasteiger partial charge in [0.2, 0.25) is 5.82 Å². The summed E-state index contributed by atoms with van der Waals surface area (Å²) in [5.41, 5.74) is 3.73. The molecule has 3 aliphatic rings. The maximum absolute atomic E-state index is 12.3. The van der Waals surface area contributed by atoms with Crippen LogP contribution in [0, 0.1) is 16.7 Å². The van der Waals surface area contributed by atoms with Crippen LogP contribution in [0.25, 0.3) is 10.9 Å². The Morgan fingerprint density at radius 1 is 1.21 bits per heavy atom. The van der Waals surface area contributed by atoms with Crippen molar-refractivity contribution in [1.82, 2.24) is 25.5 Å². The Morgan fingerprint density at radius 2 is 1.94 bits per heavy atom. The summed E-state index contributed by atoms with van der Waals surface area (Å²) in [6, 6.07) is 4.01. The predicted molar refractivity (Wildman–Crippen MR) is 123 cm³/mol. The van der Waals surface area contributed by atoms with E-state index in [2.05, 4.69) is 63.3 Å². The highest BCUT2D eigenvalue weighted by molar-refractivity contribution is 6.07. The van der Waals surface area contributed by atoms with Crippen LogP contribution in [-0.4, -0.2) is 52.5 Å². The highest BCUT2D eigenvalue weighted by Gasteiger charge is 2.47. The van der Waals surface area contributed by atoms with Gasteiger partial charge in [0.1, 0.15) is 17.4 Å². The number of imide groups is 1. The first kappa shape index (κ1) is 21.6. The molecule has 2 aromatic rings. The molecule has 9 nitrogen and oxygen atoms in total. The zero-order valence-corrected chi connectivity index (χ0v) is 19.6. The van der Waals surface area contributed by atoms with Crippen molar-refractivity contribution in [3.05, 3.63) is 28.6 Å². The van der Waals surface area contributed by atoms with Gasteiger partial charge in [0.15, 0.2) is 0 Å². The summed E-state index contributed by atoms with van der Waals surface area (Å²) in [5.74, 6) is 0.819. The number of benzene rings is 1. The number of carbonyl (C=O) groups excluding carboxylic acids is 2. The number of likely N-dealkylation sites (tertiary alicyclic amines) is 1. The Kier molecular flexibility index (Phi) is 4.83. The van der Waals surface area contributed by atoms with E-state index in [1.807, 2.05) is 7.05 Å². The van der Waals surface area contributed by atoms with Crippen molar-refractivity contribution in [2.45, 2.75) is 58.7 Å². The van der Waals surface area contributed by atoms with E-state index in [0.717, 1.165) is 36.2 Å². The van der Waals surface area contributed by atoms with Crippen molar-refractivity contribution in [3.63, 3.8) is 0 Å².